The van der Waals surface area contributed by atoms with Gasteiger partial charge in [-0.3, -0.25) is 0 Å². The zero-order valence-electron chi connectivity index (χ0n) is 15.0. The van der Waals surface area contributed by atoms with E-state index in [1.807, 2.05) is 42.5 Å². The molecule has 4 aromatic rings. The van der Waals surface area contributed by atoms with E-state index in [0.717, 1.165) is 10.8 Å². The van der Waals surface area contributed by atoms with Crippen LogP contribution in [0, 0.1) is 22.7 Å². The van der Waals surface area contributed by atoms with Gasteiger partial charge in [0.15, 0.2) is 5.69 Å². The minimum absolute atomic E-state index is 0.0606. The lowest BCUT2D eigenvalue weighted by atomic mass is 10.0. The molecule has 0 unspecified atom stereocenters. The van der Waals surface area contributed by atoms with Gasteiger partial charge in [-0.15, -0.1) is 0 Å². The Morgan fingerprint density at radius 1 is 0.897 bits per heavy atom. The molecule has 1 heterocycles. The number of benzene rings is 3. The number of oxazole rings is 1. The monoisotopic (exact) mass is 399 g/mol. The molecule has 0 radical (unpaired) electrons. The molecule has 0 atom stereocenters. The Morgan fingerprint density at radius 2 is 1.62 bits per heavy atom. The van der Waals surface area contributed by atoms with Crippen LogP contribution in [0.1, 0.15) is 16.8 Å². The van der Waals surface area contributed by atoms with Gasteiger partial charge in [0.25, 0.3) is 5.09 Å². The van der Waals surface area contributed by atoms with Gasteiger partial charge >= 0.3 is 0 Å². The van der Waals surface area contributed by atoms with Crippen LogP contribution in [-0.2, 0) is 15.6 Å². The van der Waals surface area contributed by atoms with Gasteiger partial charge in [0.05, 0.1) is 17.4 Å². The van der Waals surface area contributed by atoms with E-state index in [4.69, 9.17) is 4.42 Å². The molecule has 4 rings (SSSR count). The van der Waals surface area contributed by atoms with Gasteiger partial charge in [0, 0.05) is 5.56 Å². The van der Waals surface area contributed by atoms with Crippen LogP contribution < -0.4 is 0 Å². The number of rotatable bonds is 4. The Bertz CT molecular complexity index is 1420. The van der Waals surface area contributed by atoms with E-state index in [1.54, 1.807) is 30.3 Å². The molecule has 7 heteroatoms. The largest absolute Gasteiger partial charge is 0.423 e. The SMILES string of the molecule is N#Cc1ccccc1CS(=O)(=O)c1oc(-c2cccc3ccccc23)nc1C#N. The van der Waals surface area contributed by atoms with Crippen LogP contribution in [0.4, 0.5) is 0 Å². The second-order valence-electron chi connectivity index (χ2n) is 6.32. The van der Waals surface area contributed by atoms with Gasteiger partial charge in [0.2, 0.25) is 15.7 Å². The fraction of sp³-hybridized carbons (Fsp3) is 0.0455. The summed E-state index contributed by atoms with van der Waals surface area (Å²) >= 11 is 0. The Labute approximate surface area is 167 Å². The smallest absolute Gasteiger partial charge is 0.257 e. The highest BCUT2D eigenvalue weighted by molar-refractivity contribution is 7.90. The Kier molecular flexibility index (Phi) is 4.59. The second kappa shape index (κ2) is 7.23. The van der Waals surface area contributed by atoms with E-state index in [2.05, 4.69) is 4.98 Å². The summed E-state index contributed by atoms with van der Waals surface area (Å²) in [7, 11) is -4.03. The van der Waals surface area contributed by atoms with Crippen molar-refractivity contribution in [1.29, 1.82) is 10.5 Å². The topological polar surface area (TPSA) is 108 Å². The third-order valence-corrected chi connectivity index (χ3v) is 6.02. The van der Waals surface area contributed by atoms with Crippen LogP contribution in [0.15, 0.2) is 76.2 Å². The van der Waals surface area contributed by atoms with E-state index in [9.17, 15) is 18.9 Å². The summed E-state index contributed by atoms with van der Waals surface area (Å²) in [6.07, 6.45) is 0. The fourth-order valence-electron chi connectivity index (χ4n) is 3.14. The van der Waals surface area contributed by atoms with Crippen molar-refractivity contribution in [3.8, 4) is 23.6 Å². The van der Waals surface area contributed by atoms with Crippen molar-refractivity contribution in [2.45, 2.75) is 10.8 Å². The molecular formula is C22H13N3O3S. The zero-order valence-corrected chi connectivity index (χ0v) is 15.8. The Balaban J connectivity index is 1.83. The first-order valence-corrected chi connectivity index (χ1v) is 10.3. The maximum atomic E-state index is 13.0. The van der Waals surface area contributed by atoms with Crippen molar-refractivity contribution < 1.29 is 12.8 Å². The van der Waals surface area contributed by atoms with Gasteiger partial charge in [-0.1, -0.05) is 54.6 Å². The van der Waals surface area contributed by atoms with Gasteiger partial charge in [-0.25, -0.2) is 8.42 Å². The lowest BCUT2D eigenvalue weighted by Gasteiger charge is -2.04. The molecular weight excluding hydrogens is 386 g/mol. The summed E-state index contributed by atoms with van der Waals surface area (Å²) in [5, 5.41) is 19.9. The van der Waals surface area contributed by atoms with Crippen molar-refractivity contribution in [3.63, 3.8) is 0 Å². The summed E-state index contributed by atoms with van der Waals surface area (Å²) in [6.45, 7) is 0. The zero-order chi connectivity index (χ0) is 20.4. The molecule has 6 nitrogen and oxygen atoms in total. The standard InChI is InChI=1S/C22H13N3O3S/c23-12-16-7-1-2-8-17(16)14-29(26,27)22-20(13-24)25-21(28-22)19-11-5-9-15-6-3-4-10-18(15)19/h1-11H,14H2. The number of nitriles is 2. The average molecular weight is 399 g/mol. The minimum atomic E-state index is -4.03. The van der Waals surface area contributed by atoms with Crippen molar-refractivity contribution in [3.05, 3.63) is 83.6 Å². The quantitative estimate of drug-likeness (QED) is 0.509. The van der Waals surface area contributed by atoms with Crippen molar-refractivity contribution in [2.24, 2.45) is 0 Å². The predicted octanol–water partition coefficient (Wildman–Crippen LogP) is 4.21. The average Bonchev–Trinajstić information content (AvgIpc) is 3.19. The molecule has 0 amide bonds. The number of nitrogens with zero attached hydrogens (tertiary/aromatic N) is 3. The van der Waals surface area contributed by atoms with Crippen LogP contribution in [0.2, 0.25) is 0 Å². The molecule has 140 valence electrons. The number of hydrogen-bond acceptors (Lipinski definition) is 6. The van der Waals surface area contributed by atoms with Crippen LogP contribution in [0.5, 0.6) is 0 Å². The highest BCUT2D eigenvalue weighted by Crippen LogP contribution is 2.32. The van der Waals surface area contributed by atoms with Crippen molar-refractivity contribution in [2.75, 3.05) is 0 Å². The van der Waals surface area contributed by atoms with Gasteiger partial charge in [-0.05, 0) is 28.5 Å². The molecule has 0 saturated heterocycles. The molecule has 0 N–H and O–H groups in total. The summed E-state index contributed by atoms with van der Waals surface area (Å²) < 4.78 is 31.5. The molecule has 0 bridgehead atoms. The lowest BCUT2D eigenvalue weighted by Crippen LogP contribution is -2.07. The van der Waals surface area contributed by atoms with Crippen LogP contribution in [-0.4, -0.2) is 13.4 Å². The van der Waals surface area contributed by atoms with Gasteiger partial charge < -0.3 is 4.42 Å². The molecule has 1 aromatic heterocycles. The summed E-state index contributed by atoms with van der Waals surface area (Å²) in [4.78, 5) is 4.13. The van der Waals surface area contributed by atoms with Gasteiger partial charge in [-0.2, -0.15) is 15.5 Å². The maximum absolute atomic E-state index is 13.0. The van der Waals surface area contributed by atoms with E-state index in [0.29, 0.717) is 11.1 Å². The predicted molar refractivity (Wildman–Crippen MR) is 106 cm³/mol. The summed E-state index contributed by atoms with van der Waals surface area (Å²) in [5.74, 6) is -0.402. The number of aromatic nitrogens is 1. The van der Waals surface area contributed by atoms with Crippen LogP contribution >= 0.6 is 0 Å². The molecule has 0 saturated carbocycles. The highest BCUT2D eigenvalue weighted by atomic mass is 32.2. The molecule has 0 aliphatic carbocycles. The fourth-order valence-corrected chi connectivity index (χ4v) is 4.52. The third kappa shape index (κ3) is 3.36. The molecule has 0 fully saturated rings. The first-order valence-electron chi connectivity index (χ1n) is 8.63. The first kappa shape index (κ1) is 18.4. The summed E-state index contributed by atoms with van der Waals surface area (Å²) in [5.41, 5.74) is 0.881. The highest BCUT2D eigenvalue weighted by Gasteiger charge is 2.28. The summed E-state index contributed by atoms with van der Waals surface area (Å²) in [6, 6.07) is 23.2. The Hall–Kier alpha value is -3.94. The molecule has 0 aliphatic rings. The number of fused-ring (bicyclic) bond motifs is 1. The maximum Gasteiger partial charge on any atom is 0.257 e. The molecule has 0 aliphatic heterocycles. The van der Waals surface area contributed by atoms with Crippen LogP contribution in [0.25, 0.3) is 22.2 Å². The third-order valence-electron chi connectivity index (χ3n) is 4.49. The van der Waals surface area contributed by atoms with E-state index >= 15 is 0 Å². The first-order chi connectivity index (χ1) is 14.0. The lowest BCUT2D eigenvalue weighted by molar-refractivity contribution is 0.457. The molecule has 0 spiro atoms. The number of sulfone groups is 1. The second-order valence-corrected chi connectivity index (χ2v) is 8.21. The van der Waals surface area contributed by atoms with E-state index in [-0.39, 0.29) is 17.1 Å². The van der Waals surface area contributed by atoms with Crippen molar-refractivity contribution in [1.82, 2.24) is 4.98 Å². The number of hydrogen-bond donors (Lipinski definition) is 0. The molecule has 3 aromatic carbocycles. The minimum Gasteiger partial charge on any atom is -0.423 e. The normalized spacial score (nSPS) is 11.1. The van der Waals surface area contributed by atoms with Crippen molar-refractivity contribution >= 4 is 20.6 Å². The van der Waals surface area contributed by atoms with E-state index in [1.165, 1.54) is 6.07 Å². The van der Waals surface area contributed by atoms with E-state index < -0.39 is 20.7 Å². The Morgan fingerprint density at radius 3 is 2.41 bits per heavy atom. The van der Waals surface area contributed by atoms with Gasteiger partial charge in [0.1, 0.15) is 6.07 Å². The molecule has 29 heavy (non-hydrogen) atoms. The van der Waals surface area contributed by atoms with Crippen LogP contribution in [0.3, 0.4) is 0 Å².